The molecular weight excluding hydrogens is 547 g/mol. The lowest BCUT2D eigenvalue weighted by Gasteiger charge is -2.21. The van der Waals surface area contributed by atoms with Crippen LogP contribution in [0.4, 0.5) is 10.1 Å². The Bertz CT molecular complexity index is 1570. The van der Waals surface area contributed by atoms with E-state index >= 15 is 0 Å². The van der Waals surface area contributed by atoms with Crippen molar-refractivity contribution >= 4 is 45.3 Å². The van der Waals surface area contributed by atoms with Crippen LogP contribution in [-0.2, 0) is 32.7 Å². The van der Waals surface area contributed by atoms with Crippen molar-refractivity contribution in [3.8, 4) is 0 Å². The number of carbonyl (C=O) groups excluding carboxylic acids is 2. The van der Waals surface area contributed by atoms with Crippen molar-refractivity contribution in [1.29, 1.82) is 0 Å². The molecule has 12 heteroatoms. The molecule has 39 heavy (non-hydrogen) atoms. The number of benzene rings is 3. The summed E-state index contributed by atoms with van der Waals surface area (Å²) in [6, 6.07) is 23.0. The SMILES string of the molecule is O=C(N/N=C/c1ccc(CN(Cc2ccccc2)S(=O)(=O)c2ccc(Cl)cc2)o1)C(=O)Nc1ccc(F)cc1. The maximum absolute atomic E-state index is 13.4. The van der Waals surface area contributed by atoms with Crippen LogP contribution in [-0.4, -0.2) is 30.8 Å². The molecule has 0 aliphatic carbocycles. The summed E-state index contributed by atoms with van der Waals surface area (Å²) in [5.74, 6) is -1.99. The molecule has 0 aliphatic rings. The van der Waals surface area contributed by atoms with Crippen LogP contribution in [0.15, 0.2) is 105 Å². The van der Waals surface area contributed by atoms with Gasteiger partial charge in [-0.15, -0.1) is 0 Å². The van der Waals surface area contributed by atoms with Crippen molar-refractivity contribution in [3.63, 3.8) is 0 Å². The fraction of sp³-hybridized carbons (Fsp3) is 0.0741. The molecule has 2 N–H and O–H groups in total. The number of hydrazone groups is 1. The van der Waals surface area contributed by atoms with Crippen molar-refractivity contribution in [2.24, 2.45) is 5.10 Å². The van der Waals surface area contributed by atoms with Gasteiger partial charge in [0.1, 0.15) is 17.3 Å². The highest BCUT2D eigenvalue weighted by Crippen LogP contribution is 2.23. The quantitative estimate of drug-likeness (QED) is 0.174. The number of rotatable bonds is 9. The average molecular weight is 569 g/mol. The molecule has 0 spiro atoms. The largest absolute Gasteiger partial charge is 0.459 e. The molecule has 0 saturated heterocycles. The fourth-order valence-corrected chi connectivity index (χ4v) is 4.94. The first-order valence-electron chi connectivity index (χ1n) is 11.5. The molecule has 1 aromatic heterocycles. The van der Waals surface area contributed by atoms with Crippen molar-refractivity contribution in [1.82, 2.24) is 9.73 Å². The molecule has 4 aromatic rings. The Hall–Kier alpha value is -4.32. The molecular formula is C27H22ClFN4O5S. The molecule has 0 bridgehead atoms. The highest BCUT2D eigenvalue weighted by atomic mass is 35.5. The second kappa shape index (κ2) is 12.5. The van der Waals surface area contributed by atoms with E-state index < -0.39 is 27.7 Å². The minimum Gasteiger partial charge on any atom is -0.459 e. The predicted octanol–water partition coefficient (Wildman–Crippen LogP) is 4.55. The van der Waals surface area contributed by atoms with Crippen LogP contribution >= 0.6 is 11.6 Å². The van der Waals surface area contributed by atoms with Crippen LogP contribution in [0.3, 0.4) is 0 Å². The first-order valence-corrected chi connectivity index (χ1v) is 13.3. The Morgan fingerprint density at radius 2 is 1.59 bits per heavy atom. The van der Waals surface area contributed by atoms with E-state index in [0.29, 0.717) is 10.8 Å². The average Bonchev–Trinajstić information content (AvgIpc) is 3.37. The van der Waals surface area contributed by atoms with Gasteiger partial charge >= 0.3 is 11.8 Å². The third-order valence-corrected chi connectivity index (χ3v) is 7.39. The van der Waals surface area contributed by atoms with Crippen LogP contribution in [0.5, 0.6) is 0 Å². The van der Waals surface area contributed by atoms with Crippen molar-refractivity contribution in [2.45, 2.75) is 18.0 Å². The lowest BCUT2D eigenvalue weighted by atomic mass is 10.2. The van der Waals surface area contributed by atoms with Gasteiger partial charge in [-0.2, -0.15) is 9.41 Å². The zero-order chi connectivity index (χ0) is 27.8. The molecule has 9 nitrogen and oxygen atoms in total. The molecule has 4 rings (SSSR count). The number of nitrogens with one attached hydrogen (secondary N) is 2. The molecule has 200 valence electrons. The Kier molecular flexibility index (Phi) is 8.87. The van der Waals surface area contributed by atoms with Crippen LogP contribution in [0, 0.1) is 5.82 Å². The summed E-state index contributed by atoms with van der Waals surface area (Å²) in [5, 5.41) is 6.42. The van der Waals surface area contributed by atoms with E-state index in [2.05, 4.69) is 15.8 Å². The summed E-state index contributed by atoms with van der Waals surface area (Å²) in [6.45, 7) is 0.00920. The minimum atomic E-state index is -3.91. The second-order valence-corrected chi connectivity index (χ2v) is 10.6. The van der Waals surface area contributed by atoms with E-state index in [1.54, 1.807) is 12.1 Å². The molecule has 0 fully saturated rings. The lowest BCUT2D eigenvalue weighted by Crippen LogP contribution is -2.32. The summed E-state index contributed by atoms with van der Waals surface area (Å²) >= 11 is 5.93. The monoisotopic (exact) mass is 568 g/mol. The highest BCUT2D eigenvalue weighted by molar-refractivity contribution is 7.89. The minimum absolute atomic E-state index is 0.0813. The second-order valence-electron chi connectivity index (χ2n) is 8.18. The number of amides is 2. The van der Waals surface area contributed by atoms with E-state index in [9.17, 15) is 22.4 Å². The Morgan fingerprint density at radius 3 is 2.28 bits per heavy atom. The van der Waals surface area contributed by atoms with E-state index in [-0.39, 0.29) is 29.4 Å². The van der Waals surface area contributed by atoms with Gasteiger partial charge in [0.15, 0.2) is 0 Å². The lowest BCUT2D eigenvalue weighted by molar-refractivity contribution is -0.136. The smallest absolute Gasteiger partial charge is 0.329 e. The summed E-state index contributed by atoms with van der Waals surface area (Å²) in [5.41, 5.74) is 3.09. The third-order valence-electron chi connectivity index (χ3n) is 5.33. The number of hydrogen-bond acceptors (Lipinski definition) is 6. The summed E-state index contributed by atoms with van der Waals surface area (Å²) in [4.78, 5) is 24.0. The van der Waals surface area contributed by atoms with Crippen LogP contribution < -0.4 is 10.7 Å². The molecule has 0 aliphatic heterocycles. The summed E-state index contributed by atoms with van der Waals surface area (Å²) in [6.07, 6.45) is 1.17. The van der Waals surface area contributed by atoms with Gasteiger partial charge in [0, 0.05) is 17.3 Å². The number of anilines is 1. The van der Waals surface area contributed by atoms with E-state index in [1.165, 1.54) is 46.9 Å². The topological polar surface area (TPSA) is 121 Å². The van der Waals surface area contributed by atoms with E-state index in [4.69, 9.17) is 16.0 Å². The van der Waals surface area contributed by atoms with E-state index in [0.717, 1.165) is 17.7 Å². The Morgan fingerprint density at radius 1 is 0.897 bits per heavy atom. The first kappa shape index (κ1) is 27.7. The standard InChI is InChI=1S/C27H22ClFN4O5S/c28-20-6-14-25(15-7-20)39(36,37)33(17-19-4-2-1-3-5-19)18-24-13-12-23(38-24)16-30-32-27(35)26(34)31-22-10-8-21(29)9-11-22/h1-16H,17-18H2,(H,31,34)(H,32,35)/b30-16+. The van der Waals surface area contributed by atoms with Gasteiger partial charge < -0.3 is 9.73 Å². The van der Waals surface area contributed by atoms with Crippen molar-refractivity contribution in [3.05, 3.63) is 119 Å². The maximum Gasteiger partial charge on any atom is 0.329 e. The van der Waals surface area contributed by atoms with Gasteiger partial charge in [-0.05, 0) is 66.2 Å². The molecule has 2 amide bonds. The van der Waals surface area contributed by atoms with Gasteiger partial charge in [0.25, 0.3) is 0 Å². The van der Waals surface area contributed by atoms with Crippen molar-refractivity contribution < 1.29 is 26.8 Å². The molecule has 0 unspecified atom stereocenters. The number of halogens is 2. The maximum atomic E-state index is 13.4. The van der Waals surface area contributed by atoms with Gasteiger partial charge in [-0.25, -0.2) is 18.2 Å². The molecule has 0 saturated carbocycles. The number of carbonyl (C=O) groups is 2. The van der Waals surface area contributed by atoms with Gasteiger partial charge in [0.05, 0.1) is 17.7 Å². The summed E-state index contributed by atoms with van der Waals surface area (Å²) in [7, 11) is -3.91. The highest BCUT2D eigenvalue weighted by Gasteiger charge is 2.26. The Labute approximate surface area is 228 Å². The first-order chi connectivity index (χ1) is 18.7. The zero-order valence-electron chi connectivity index (χ0n) is 20.3. The number of hydrogen-bond donors (Lipinski definition) is 2. The number of furan rings is 1. The number of nitrogens with zero attached hydrogens (tertiary/aromatic N) is 2. The van der Waals surface area contributed by atoms with Crippen LogP contribution in [0.1, 0.15) is 17.1 Å². The van der Waals surface area contributed by atoms with Crippen molar-refractivity contribution in [2.75, 3.05) is 5.32 Å². The third kappa shape index (κ3) is 7.60. The normalized spacial score (nSPS) is 11.6. The Balaban J connectivity index is 1.42. The zero-order valence-corrected chi connectivity index (χ0v) is 21.8. The molecule has 3 aromatic carbocycles. The summed E-state index contributed by atoms with van der Waals surface area (Å²) < 4.78 is 46.8. The predicted molar refractivity (Wildman–Crippen MR) is 144 cm³/mol. The van der Waals surface area contributed by atoms with Crippen LogP contribution in [0.2, 0.25) is 5.02 Å². The van der Waals surface area contributed by atoms with Gasteiger partial charge in [-0.3, -0.25) is 9.59 Å². The fourth-order valence-electron chi connectivity index (χ4n) is 3.42. The van der Waals surface area contributed by atoms with E-state index in [1.807, 2.05) is 30.3 Å². The van der Waals surface area contributed by atoms with Gasteiger partial charge in [0.2, 0.25) is 10.0 Å². The van der Waals surface area contributed by atoms with Crippen LogP contribution in [0.25, 0.3) is 0 Å². The van der Waals surface area contributed by atoms with Gasteiger partial charge in [-0.1, -0.05) is 41.9 Å². The molecule has 0 radical (unpaired) electrons. The number of sulfonamides is 1. The molecule has 0 atom stereocenters. The molecule has 1 heterocycles.